The molecule has 2 amide bonds. The number of rotatable bonds is 9. The first-order chi connectivity index (χ1) is 29.4. The third kappa shape index (κ3) is 16.0. The molecular formula is C54H88N2O5. The van der Waals surface area contributed by atoms with Crippen LogP contribution in [-0.2, 0) is 19.2 Å². The Morgan fingerprint density at radius 3 is 1.48 bits per heavy atom. The highest BCUT2D eigenvalue weighted by atomic mass is 16.2. The lowest BCUT2D eigenvalue weighted by Gasteiger charge is -2.56. The van der Waals surface area contributed by atoms with Crippen LogP contribution >= 0.6 is 0 Å². The predicted molar refractivity (Wildman–Crippen MR) is 250 cm³/mol. The zero-order chi connectivity index (χ0) is 44.4. The van der Waals surface area contributed by atoms with Crippen molar-refractivity contribution in [3.63, 3.8) is 0 Å². The molecule has 3 aliphatic heterocycles. The van der Waals surface area contributed by atoms with Gasteiger partial charge in [-0.1, -0.05) is 91.5 Å². The Balaban J connectivity index is 0.000000163. The minimum Gasteiger partial charge on any atom is -0.343 e. The molecule has 7 heteroatoms. The van der Waals surface area contributed by atoms with E-state index in [0.717, 1.165) is 98.4 Å². The Labute approximate surface area is 372 Å². The number of likely N-dealkylation sites (tertiary alicyclic amines) is 1. The second kappa shape index (κ2) is 26.1. The van der Waals surface area contributed by atoms with Gasteiger partial charge in [0.25, 0.3) is 0 Å². The predicted octanol–water partition coefficient (Wildman–Crippen LogP) is 12.9. The second-order valence-corrected chi connectivity index (χ2v) is 20.1. The third-order valence-electron chi connectivity index (χ3n) is 15.6. The van der Waals surface area contributed by atoms with Gasteiger partial charge in [-0.3, -0.25) is 24.0 Å². The summed E-state index contributed by atoms with van der Waals surface area (Å²) in [7, 11) is 0. The van der Waals surface area contributed by atoms with Crippen LogP contribution in [0.4, 0.5) is 0 Å². The molecule has 0 atom stereocenters. The molecule has 10 fully saturated rings. The number of hydrogen-bond donors (Lipinski definition) is 0. The number of aryl methyl sites for hydroxylation is 1. The molecule has 0 spiro atoms. The molecule has 1 aromatic rings. The average molecular weight is 845 g/mol. The van der Waals surface area contributed by atoms with Crippen LogP contribution in [0.5, 0.6) is 0 Å². The van der Waals surface area contributed by atoms with Crippen molar-refractivity contribution in [2.45, 2.75) is 215 Å². The Kier molecular flexibility index (Phi) is 21.7. The summed E-state index contributed by atoms with van der Waals surface area (Å²) in [6.45, 7) is 17.1. The van der Waals surface area contributed by atoms with Gasteiger partial charge >= 0.3 is 0 Å². The fourth-order valence-electron chi connectivity index (χ4n) is 12.0. The van der Waals surface area contributed by atoms with E-state index in [2.05, 4.69) is 11.8 Å². The summed E-state index contributed by atoms with van der Waals surface area (Å²) in [5, 5.41) is 0. The van der Waals surface area contributed by atoms with Gasteiger partial charge in [0.2, 0.25) is 11.8 Å². The molecule has 0 aromatic heterocycles. The number of fused-ring (bicyclic) bond motifs is 3. The van der Waals surface area contributed by atoms with Crippen LogP contribution in [-0.4, -0.2) is 64.6 Å². The van der Waals surface area contributed by atoms with E-state index < -0.39 is 0 Å². The molecule has 6 bridgehead atoms. The highest BCUT2D eigenvalue weighted by molar-refractivity contribution is 5.97. The molecule has 1 aromatic carbocycles. The maximum atomic E-state index is 11.5. The van der Waals surface area contributed by atoms with Gasteiger partial charge in [0, 0.05) is 75.2 Å². The molecule has 3 heterocycles. The van der Waals surface area contributed by atoms with E-state index in [1.807, 2.05) is 70.7 Å². The molecule has 3 saturated heterocycles. The number of piperidine rings is 2. The molecule has 0 N–H and O–H groups in total. The first kappa shape index (κ1) is 50.8. The van der Waals surface area contributed by atoms with Crippen LogP contribution < -0.4 is 0 Å². The number of ketones is 3. The molecule has 0 radical (unpaired) electrons. The van der Waals surface area contributed by atoms with Crippen molar-refractivity contribution in [3.8, 4) is 0 Å². The topological polar surface area (TPSA) is 91.8 Å². The normalized spacial score (nSPS) is 27.9. The Morgan fingerprint density at radius 2 is 1.07 bits per heavy atom. The summed E-state index contributed by atoms with van der Waals surface area (Å²) in [4.78, 5) is 59.5. The zero-order valence-electron chi connectivity index (χ0n) is 40.1. The Hall–Kier alpha value is -2.83. The highest BCUT2D eigenvalue weighted by Crippen LogP contribution is 2.61. The van der Waals surface area contributed by atoms with E-state index in [0.29, 0.717) is 60.5 Å². The lowest BCUT2D eigenvalue weighted by Crippen LogP contribution is -2.50. The molecule has 7 nitrogen and oxygen atoms in total. The summed E-state index contributed by atoms with van der Waals surface area (Å²) in [5.74, 6) is 7.03. The van der Waals surface area contributed by atoms with Crippen LogP contribution in [0.25, 0.3) is 0 Å². The first-order valence-corrected chi connectivity index (χ1v) is 25.6. The number of nitrogens with zero attached hydrogens (tertiary/aromatic N) is 2. The average Bonchev–Trinajstić information content (AvgIpc) is 4.02. The number of carbonyl (C=O) groups is 5. The van der Waals surface area contributed by atoms with Gasteiger partial charge in [0.1, 0.15) is 11.6 Å². The minimum absolute atomic E-state index is 0.225. The van der Waals surface area contributed by atoms with E-state index in [4.69, 9.17) is 0 Å². The van der Waals surface area contributed by atoms with Crippen molar-refractivity contribution in [2.24, 2.45) is 40.9 Å². The summed E-state index contributed by atoms with van der Waals surface area (Å²) in [6.07, 6.45) is 30.6. The van der Waals surface area contributed by atoms with Crippen molar-refractivity contribution in [1.82, 2.24) is 9.80 Å². The van der Waals surface area contributed by atoms with Crippen molar-refractivity contribution in [3.05, 3.63) is 35.4 Å². The summed E-state index contributed by atoms with van der Waals surface area (Å²) < 4.78 is 0. The quantitative estimate of drug-likeness (QED) is 0.231. The second-order valence-electron chi connectivity index (χ2n) is 20.1. The van der Waals surface area contributed by atoms with Crippen LogP contribution in [0.1, 0.15) is 218 Å². The van der Waals surface area contributed by atoms with Crippen LogP contribution in [0.15, 0.2) is 24.3 Å². The van der Waals surface area contributed by atoms with E-state index in [9.17, 15) is 24.0 Å². The Morgan fingerprint density at radius 1 is 0.557 bits per heavy atom. The standard InChI is InChI=1S/C12H20.C10H17NO.C10H12O.C9H16O.C7H13NO.C6H10O/c1-2-12-6-9-3-10(7-12)5-11(4-9)8-12;1-2-10(12)11-7-8-3-5-9(11)6-4-8;1-3-10(11)9-7-5-4-6-8(9)2;1-2-9(10)8-6-4-3-5-7-8;1-2-7(9)8-5-3-4-6-8;1-2-6(7)5-3-4-5/h9-11H,2-8H2,1H3;8-9H,2-7H2,1H3;4-7H,3H2,1-2H3;8H,2-7H2,1H3;2-6H2,1H3;5H,2-4H2,1H3. The van der Waals surface area contributed by atoms with Crippen LogP contribution in [0.2, 0.25) is 0 Å². The molecule has 7 saturated carbocycles. The number of Topliss-reactive ketones (excluding diaryl/α,β-unsaturated/α-hetero) is 3. The number of hydrogen-bond acceptors (Lipinski definition) is 5. The zero-order valence-corrected chi connectivity index (χ0v) is 40.1. The third-order valence-corrected chi connectivity index (χ3v) is 15.6. The molecule has 61 heavy (non-hydrogen) atoms. The smallest absolute Gasteiger partial charge is 0.222 e. The molecule has 11 rings (SSSR count). The lowest BCUT2D eigenvalue weighted by molar-refractivity contribution is -0.138. The summed E-state index contributed by atoms with van der Waals surface area (Å²) in [5.41, 5.74) is 2.77. The number of benzene rings is 1. The van der Waals surface area contributed by atoms with Crippen molar-refractivity contribution >= 4 is 29.2 Å². The lowest BCUT2D eigenvalue weighted by atomic mass is 9.49. The highest BCUT2D eigenvalue weighted by Gasteiger charge is 2.49. The summed E-state index contributed by atoms with van der Waals surface area (Å²) >= 11 is 0. The van der Waals surface area contributed by atoms with Gasteiger partial charge < -0.3 is 9.80 Å². The van der Waals surface area contributed by atoms with Crippen molar-refractivity contribution in [1.29, 1.82) is 0 Å². The first-order valence-electron chi connectivity index (χ1n) is 25.6. The van der Waals surface area contributed by atoms with Gasteiger partial charge in [0.05, 0.1) is 0 Å². The fourth-order valence-corrected chi connectivity index (χ4v) is 12.0. The molecule has 0 unspecified atom stereocenters. The Bertz CT molecular complexity index is 1480. The molecule has 7 aliphatic carbocycles. The van der Waals surface area contributed by atoms with Crippen molar-refractivity contribution < 1.29 is 24.0 Å². The minimum atomic E-state index is 0.225. The van der Waals surface area contributed by atoms with Gasteiger partial charge in [-0.25, -0.2) is 0 Å². The van der Waals surface area contributed by atoms with Gasteiger partial charge in [0.15, 0.2) is 5.78 Å². The van der Waals surface area contributed by atoms with Gasteiger partial charge in [-0.2, -0.15) is 0 Å². The number of amides is 2. The van der Waals surface area contributed by atoms with Crippen LogP contribution in [0.3, 0.4) is 0 Å². The van der Waals surface area contributed by atoms with Crippen molar-refractivity contribution in [2.75, 3.05) is 19.6 Å². The molecule has 10 aliphatic rings. The van der Waals surface area contributed by atoms with E-state index in [1.165, 1.54) is 64.2 Å². The van der Waals surface area contributed by atoms with Crippen LogP contribution in [0, 0.1) is 47.8 Å². The van der Waals surface area contributed by atoms with E-state index >= 15 is 0 Å². The van der Waals surface area contributed by atoms with E-state index in [-0.39, 0.29) is 5.78 Å². The maximum absolute atomic E-state index is 11.5. The molecular weight excluding hydrogens is 757 g/mol. The van der Waals surface area contributed by atoms with Gasteiger partial charge in [-0.15, -0.1) is 0 Å². The largest absolute Gasteiger partial charge is 0.343 e. The summed E-state index contributed by atoms with van der Waals surface area (Å²) in [6, 6.07) is 8.28. The SMILES string of the molecule is CCC(=O)C1CC1.CCC(=O)C1CCCCC1.CCC(=O)N1CC2CCC1CC2.CCC(=O)N1CCCC1.CCC(=O)c1ccccc1C.CCC12CC3CC(CC(C3)C1)C2. The maximum Gasteiger partial charge on any atom is 0.222 e. The van der Waals surface area contributed by atoms with Gasteiger partial charge in [-0.05, 0) is 144 Å². The van der Waals surface area contributed by atoms with E-state index in [1.54, 1.807) is 38.5 Å². The fraction of sp³-hybridized carbons (Fsp3) is 0.796. The number of carbonyl (C=O) groups excluding carboxylic acids is 5. The molecule has 344 valence electrons. The monoisotopic (exact) mass is 845 g/mol.